The summed E-state index contributed by atoms with van der Waals surface area (Å²) < 4.78 is 27.3. The number of unbranched alkanes of at least 4 members (excludes halogenated alkanes) is 3. The van der Waals surface area contributed by atoms with Gasteiger partial charge in [0.05, 0.1) is 17.5 Å². The van der Waals surface area contributed by atoms with Gasteiger partial charge in [-0.25, -0.2) is 13.8 Å². The number of imidazole rings is 1. The van der Waals surface area contributed by atoms with E-state index in [9.17, 15) is 8.78 Å². The molecule has 0 saturated heterocycles. The van der Waals surface area contributed by atoms with E-state index in [-0.39, 0.29) is 5.56 Å². The van der Waals surface area contributed by atoms with Crippen LogP contribution in [0.15, 0.2) is 24.4 Å². The Bertz CT molecular complexity index is 532. The molecule has 20 heavy (non-hydrogen) atoms. The first-order valence-electron chi connectivity index (χ1n) is 6.90. The van der Waals surface area contributed by atoms with Crippen LogP contribution in [-0.2, 0) is 6.42 Å². The largest absolute Gasteiger partial charge is 0.342 e. The average molecular weight is 279 g/mol. The second-order valence-electron chi connectivity index (χ2n) is 4.79. The van der Waals surface area contributed by atoms with Crippen molar-refractivity contribution >= 4 is 0 Å². The van der Waals surface area contributed by atoms with Gasteiger partial charge in [-0.05, 0) is 31.5 Å². The fraction of sp³-hybridized carbons (Fsp3) is 0.400. The molecule has 3 N–H and O–H groups in total. The first-order valence-corrected chi connectivity index (χ1v) is 6.90. The van der Waals surface area contributed by atoms with Crippen molar-refractivity contribution in [1.82, 2.24) is 9.97 Å². The third-order valence-corrected chi connectivity index (χ3v) is 3.23. The van der Waals surface area contributed by atoms with Crippen LogP contribution in [0.25, 0.3) is 11.3 Å². The number of hydrogen-bond donors (Lipinski definition) is 2. The zero-order valence-electron chi connectivity index (χ0n) is 11.3. The molecule has 1 aromatic carbocycles. The molecule has 3 nitrogen and oxygen atoms in total. The Morgan fingerprint density at radius 2 is 1.75 bits per heavy atom. The molecule has 0 spiro atoms. The van der Waals surface area contributed by atoms with E-state index in [1.165, 1.54) is 24.4 Å². The number of aromatic amines is 1. The molecule has 0 atom stereocenters. The molecule has 0 aliphatic heterocycles. The number of nitrogens with zero attached hydrogens (tertiary/aromatic N) is 1. The third kappa shape index (κ3) is 3.63. The van der Waals surface area contributed by atoms with E-state index in [1.54, 1.807) is 0 Å². The van der Waals surface area contributed by atoms with Crippen molar-refractivity contribution in [3.05, 3.63) is 41.9 Å². The Balaban J connectivity index is 1.98. The molecule has 2 rings (SSSR count). The van der Waals surface area contributed by atoms with E-state index in [0.717, 1.165) is 44.5 Å². The fourth-order valence-corrected chi connectivity index (χ4v) is 2.16. The van der Waals surface area contributed by atoms with E-state index in [4.69, 9.17) is 5.73 Å². The van der Waals surface area contributed by atoms with Gasteiger partial charge in [-0.2, -0.15) is 0 Å². The Morgan fingerprint density at radius 1 is 1.05 bits per heavy atom. The maximum absolute atomic E-state index is 13.6. The Kier molecular flexibility index (Phi) is 5.24. The van der Waals surface area contributed by atoms with Gasteiger partial charge in [-0.1, -0.05) is 18.9 Å². The highest BCUT2D eigenvalue weighted by molar-refractivity contribution is 5.60. The Labute approximate surface area is 117 Å². The number of rotatable bonds is 7. The van der Waals surface area contributed by atoms with Crippen molar-refractivity contribution in [3.63, 3.8) is 0 Å². The third-order valence-electron chi connectivity index (χ3n) is 3.23. The SMILES string of the molecule is NCCCCCCc1ncc(-c2c(F)cccc2F)[nH]1. The van der Waals surface area contributed by atoms with E-state index < -0.39 is 11.6 Å². The van der Waals surface area contributed by atoms with Crippen LogP contribution in [0, 0.1) is 11.6 Å². The van der Waals surface area contributed by atoms with Gasteiger partial charge in [0.25, 0.3) is 0 Å². The number of benzene rings is 1. The smallest absolute Gasteiger partial charge is 0.135 e. The summed E-state index contributed by atoms with van der Waals surface area (Å²) in [4.78, 5) is 7.17. The zero-order valence-corrected chi connectivity index (χ0v) is 11.3. The van der Waals surface area contributed by atoms with Gasteiger partial charge < -0.3 is 10.7 Å². The van der Waals surface area contributed by atoms with E-state index in [0.29, 0.717) is 5.69 Å². The van der Waals surface area contributed by atoms with E-state index >= 15 is 0 Å². The molecule has 0 saturated carbocycles. The van der Waals surface area contributed by atoms with Crippen LogP contribution in [0.4, 0.5) is 8.78 Å². The van der Waals surface area contributed by atoms with Crippen LogP contribution in [0.3, 0.4) is 0 Å². The fourth-order valence-electron chi connectivity index (χ4n) is 2.16. The molecule has 0 radical (unpaired) electrons. The minimum Gasteiger partial charge on any atom is -0.342 e. The van der Waals surface area contributed by atoms with Crippen molar-refractivity contribution in [3.8, 4) is 11.3 Å². The summed E-state index contributed by atoms with van der Waals surface area (Å²) >= 11 is 0. The summed E-state index contributed by atoms with van der Waals surface area (Å²) in [5, 5.41) is 0. The van der Waals surface area contributed by atoms with Crippen LogP contribution in [0.1, 0.15) is 31.5 Å². The number of nitrogens with two attached hydrogens (primary N) is 1. The number of H-pyrrole nitrogens is 1. The lowest BCUT2D eigenvalue weighted by Crippen LogP contribution is -1.98. The van der Waals surface area contributed by atoms with Crippen molar-refractivity contribution in [2.75, 3.05) is 6.54 Å². The van der Waals surface area contributed by atoms with Crippen molar-refractivity contribution in [2.45, 2.75) is 32.1 Å². The highest BCUT2D eigenvalue weighted by atomic mass is 19.1. The van der Waals surface area contributed by atoms with Gasteiger partial charge in [-0.3, -0.25) is 0 Å². The van der Waals surface area contributed by atoms with Crippen molar-refractivity contribution in [2.24, 2.45) is 5.73 Å². The molecular weight excluding hydrogens is 260 g/mol. The molecule has 1 aromatic heterocycles. The maximum atomic E-state index is 13.6. The summed E-state index contributed by atoms with van der Waals surface area (Å²) in [7, 11) is 0. The highest BCUT2D eigenvalue weighted by Gasteiger charge is 2.13. The molecular formula is C15H19F2N3. The number of aromatic nitrogens is 2. The quantitative estimate of drug-likeness (QED) is 0.763. The molecule has 0 amide bonds. The van der Waals surface area contributed by atoms with Crippen molar-refractivity contribution < 1.29 is 8.78 Å². The molecule has 0 aliphatic carbocycles. The van der Waals surface area contributed by atoms with Gasteiger partial charge >= 0.3 is 0 Å². The average Bonchev–Trinajstić information content (AvgIpc) is 2.87. The number of nitrogens with one attached hydrogen (secondary N) is 1. The summed E-state index contributed by atoms with van der Waals surface area (Å²) in [6.07, 6.45) is 6.47. The van der Waals surface area contributed by atoms with Gasteiger partial charge in [0, 0.05) is 6.42 Å². The van der Waals surface area contributed by atoms with Crippen LogP contribution in [0.5, 0.6) is 0 Å². The molecule has 0 fully saturated rings. The maximum Gasteiger partial charge on any atom is 0.135 e. The minimum atomic E-state index is -0.580. The predicted molar refractivity (Wildman–Crippen MR) is 75.2 cm³/mol. The molecule has 0 unspecified atom stereocenters. The van der Waals surface area contributed by atoms with Crippen LogP contribution in [0.2, 0.25) is 0 Å². The summed E-state index contributed by atoms with van der Waals surface area (Å²) in [5.74, 6) is -0.401. The molecule has 0 aliphatic rings. The molecule has 0 bridgehead atoms. The van der Waals surface area contributed by atoms with Gasteiger partial charge in [-0.15, -0.1) is 0 Å². The van der Waals surface area contributed by atoms with Gasteiger partial charge in [0.2, 0.25) is 0 Å². The number of hydrogen-bond acceptors (Lipinski definition) is 2. The summed E-state index contributed by atoms with van der Waals surface area (Å²) in [6.45, 7) is 0.720. The number of halogens is 2. The standard InChI is InChI=1S/C15H19F2N3/c16-11-6-5-7-12(17)15(11)13-10-19-14(20-13)8-3-1-2-4-9-18/h5-7,10H,1-4,8-9,18H2,(H,19,20). The Morgan fingerprint density at radius 3 is 2.45 bits per heavy atom. The molecule has 2 aromatic rings. The molecule has 108 valence electrons. The normalized spacial score (nSPS) is 10.9. The zero-order chi connectivity index (χ0) is 14.4. The molecule has 5 heteroatoms. The highest BCUT2D eigenvalue weighted by Crippen LogP contribution is 2.24. The van der Waals surface area contributed by atoms with E-state index in [1.807, 2.05) is 0 Å². The lowest BCUT2D eigenvalue weighted by atomic mass is 10.1. The monoisotopic (exact) mass is 279 g/mol. The first kappa shape index (κ1) is 14.7. The molecule has 1 heterocycles. The summed E-state index contributed by atoms with van der Waals surface area (Å²) in [5.41, 5.74) is 5.77. The van der Waals surface area contributed by atoms with Crippen LogP contribution in [-0.4, -0.2) is 16.5 Å². The second-order valence-corrected chi connectivity index (χ2v) is 4.79. The van der Waals surface area contributed by atoms with Gasteiger partial charge in [0.15, 0.2) is 0 Å². The lowest BCUT2D eigenvalue weighted by molar-refractivity contribution is 0.588. The number of aryl methyl sites for hydroxylation is 1. The first-order chi connectivity index (χ1) is 9.72. The van der Waals surface area contributed by atoms with Crippen LogP contribution >= 0.6 is 0 Å². The predicted octanol–water partition coefficient (Wildman–Crippen LogP) is 3.42. The van der Waals surface area contributed by atoms with Crippen LogP contribution < -0.4 is 5.73 Å². The lowest BCUT2D eigenvalue weighted by Gasteiger charge is -2.01. The topological polar surface area (TPSA) is 54.7 Å². The Hall–Kier alpha value is -1.75. The van der Waals surface area contributed by atoms with E-state index in [2.05, 4.69) is 9.97 Å². The van der Waals surface area contributed by atoms with Gasteiger partial charge in [0.1, 0.15) is 17.5 Å². The summed E-state index contributed by atoms with van der Waals surface area (Å²) in [6, 6.07) is 3.83. The second kappa shape index (κ2) is 7.14. The van der Waals surface area contributed by atoms with Crippen molar-refractivity contribution in [1.29, 1.82) is 0 Å². The minimum absolute atomic E-state index is 0.0469.